The minimum Gasteiger partial charge on any atom is -0.453 e. The molecule has 300 valence electrons. The van der Waals surface area contributed by atoms with E-state index in [0.29, 0.717) is 31.9 Å². The molecule has 15 nitrogen and oxygen atoms in total. The zero-order valence-electron chi connectivity index (χ0n) is 33.2. The van der Waals surface area contributed by atoms with Crippen molar-refractivity contribution in [3.8, 4) is 22.5 Å². The van der Waals surface area contributed by atoms with Crippen molar-refractivity contribution >= 4 is 46.9 Å². The van der Waals surface area contributed by atoms with Crippen LogP contribution in [0.25, 0.3) is 33.4 Å². The van der Waals surface area contributed by atoms with E-state index in [1.807, 2.05) is 37.3 Å². The molecule has 2 aromatic heterocycles. The number of methoxy groups -OCH3 is 2. The maximum absolute atomic E-state index is 12.5. The van der Waals surface area contributed by atoms with Gasteiger partial charge in [-0.05, 0) is 54.7 Å². The summed E-state index contributed by atoms with van der Waals surface area (Å²) in [6.45, 7) is 11.7. The summed E-state index contributed by atoms with van der Waals surface area (Å²) in [6, 6.07) is 15.7. The topological polar surface area (TPSA) is 205 Å². The zero-order chi connectivity index (χ0) is 40.8. The molecule has 15 heteroatoms. The molecule has 4 aromatic rings. The predicted octanol–water partition coefficient (Wildman–Crippen LogP) is 6.27. The lowest BCUT2D eigenvalue weighted by atomic mass is 10.1. The summed E-state index contributed by atoms with van der Waals surface area (Å²) in [5, 5.41) is 5.79. The molecule has 55 heavy (non-hydrogen) atoms. The molecule has 0 saturated carbocycles. The fourth-order valence-corrected chi connectivity index (χ4v) is 5.36. The third-order valence-electron chi connectivity index (χ3n) is 7.88. The number of fused-ring (bicyclic) bond motifs is 1. The number of rotatable bonds is 11. The van der Waals surface area contributed by atoms with Gasteiger partial charge < -0.3 is 50.4 Å². The number of nitrogen functional groups attached to an aromatic ring is 1. The van der Waals surface area contributed by atoms with Gasteiger partial charge in [0.25, 0.3) is 0 Å². The number of nitrogens with zero attached hydrogens (tertiary/aromatic N) is 3. The van der Waals surface area contributed by atoms with E-state index in [9.17, 15) is 24.0 Å². The molecule has 0 aliphatic carbocycles. The second kappa shape index (κ2) is 24.5. The Balaban J connectivity index is 0.000000413. The van der Waals surface area contributed by atoms with E-state index in [1.54, 1.807) is 11.1 Å². The fourth-order valence-electron chi connectivity index (χ4n) is 5.36. The molecule has 1 aliphatic heterocycles. The number of hydrogen-bond acceptors (Lipinski definition) is 9. The van der Waals surface area contributed by atoms with Gasteiger partial charge in [0.05, 0.1) is 38.7 Å². The molecule has 0 radical (unpaired) electrons. The van der Waals surface area contributed by atoms with Gasteiger partial charge in [0, 0.05) is 35.4 Å². The average molecular weight is 763 g/mol. The van der Waals surface area contributed by atoms with Gasteiger partial charge in [-0.2, -0.15) is 0 Å². The van der Waals surface area contributed by atoms with Gasteiger partial charge in [-0.1, -0.05) is 71.7 Å². The lowest BCUT2D eigenvalue weighted by Crippen LogP contribution is -2.43. The highest BCUT2D eigenvalue weighted by Gasteiger charge is 2.28. The monoisotopic (exact) mass is 762 g/mol. The number of likely N-dealkylation sites (tertiary alicyclic amines) is 1. The number of benzene rings is 2. The van der Waals surface area contributed by atoms with Crippen LogP contribution in [0.15, 0.2) is 54.7 Å². The first-order valence-electron chi connectivity index (χ1n) is 18.7. The van der Waals surface area contributed by atoms with Crippen LogP contribution in [-0.2, 0) is 30.4 Å². The van der Waals surface area contributed by atoms with Gasteiger partial charge in [-0.25, -0.2) is 14.6 Å². The van der Waals surface area contributed by atoms with Crippen molar-refractivity contribution in [2.24, 2.45) is 0 Å². The van der Waals surface area contributed by atoms with Crippen LogP contribution in [0.2, 0.25) is 0 Å². The number of aromatic amines is 2. The maximum Gasteiger partial charge on any atom is 0.407 e. The number of hydrogen-bond donors (Lipinski definition) is 5. The SMILES string of the molecule is CCC.CCC.CCCN(Cc1ncc(-c2ccc(-c3cc4cc(N)ccc4[nH]3)cc2)[nH]1)C(=O)CNC(=O)OC.COC(=O)NCC(=O)N1CCCC1C=O. The summed E-state index contributed by atoms with van der Waals surface area (Å²) >= 11 is 0. The van der Waals surface area contributed by atoms with Crippen LogP contribution in [0.3, 0.4) is 0 Å². The summed E-state index contributed by atoms with van der Waals surface area (Å²) in [5.74, 6) is 0.219. The number of aldehydes is 1. The van der Waals surface area contributed by atoms with E-state index in [1.165, 1.54) is 32.0 Å². The summed E-state index contributed by atoms with van der Waals surface area (Å²) in [4.78, 5) is 70.9. The second-order valence-electron chi connectivity index (χ2n) is 12.7. The molecule has 1 saturated heterocycles. The van der Waals surface area contributed by atoms with Crippen LogP contribution in [-0.4, -0.2) is 101 Å². The van der Waals surface area contributed by atoms with E-state index in [0.717, 1.165) is 58.2 Å². The van der Waals surface area contributed by atoms with Crippen molar-refractivity contribution in [3.63, 3.8) is 0 Å². The highest BCUT2D eigenvalue weighted by molar-refractivity contribution is 5.88. The Morgan fingerprint density at radius 3 is 2.07 bits per heavy atom. The smallest absolute Gasteiger partial charge is 0.407 e. The van der Waals surface area contributed by atoms with E-state index in [2.05, 4.69) is 81.0 Å². The normalized spacial score (nSPS) is 12.8. The molecule has 6 N–H and O–H groups in total. The van der Waals surface area contributed by atoms with Gasteiger partial charge in [-0.3, -0.25) is 9.59 Å². The number of carbonyl (C=O) groups is 5. The van der Waals surface area contributed by atoms with Crippen LogP contribution in [0, 0.1) is 0 Å². The van der Waals surface area contributed by atoms with Crippen molar-refractivity contribution in [2.45, 2.75) is 79.3 Å². The predicted molar refractivity (Wildman–Crippen MR) is 215 cm³/mol. The third kappa shape index (κ3) is 14.8. The van der Waals surface area contributed by atoms with Crippen LogP contribution in [0.4, 0.5) is 15.3 Å². The van der Waals surface area contributed by atoms with Gasteiger partial charge in [-0.15, -0.1) is 0 Å². The second-order valence-corrected chi connectivity index (χ2v) is 12.7. The number of nitrogens with two attached hydrogens (primary N) is 1. The first-order valence-corrected chi connectivity index (χ1v) is 18.7. The molecule has 2 aromatic carbocycles. The number of anilines is 1. The number of amides is 4. The van der Waals surface area contributed by atoms with Crippen molar-refractivity contribution in [1.82, 2.24) is 35.4 Å². The maximum atomic E-state index is 12.5. The largest absolute Gasteiger partial charge is 0.453 e. The number of aromatic nitrogens is 3. The van der Waals surface area contributed by atoms with Crippen LogP contribution in [0.1, 0.15) is 72.5 Å². The number of alkyl carbamates (subject to hydrolysis) is 2. The van der Waals surface area contributed by atoms with Crippen molar-refractivity contribution in [3.05, 3.63) is 60.6 Å². The molecule has 1 aliphatic rings. The highest BCUT2D eigenvalue weighted by atomic mass is 16.5. The van der Waals surface area contributed by atoms with Gasteiger partial charge in [0.2, 0.25) is 11.8 Å². The summed E-state index contributed by atoms with van der Waals surface area (Å²) in [5.41, 5.74) is 11.6. The molecule has 4 amide bonds. The number of imidazole rings is 1. The summed E-state index contributed by atoms with van der Waals surface area (Å²) < 4.78 is 8.85. The molecule has 5 rings (SSSR count). The molecular weight excluding hydrogens is 704 g/mol. The molecule has 1 fully saturated rings. The van der Waals surface area contributed by atoms with Gasteiger partial charge in [0.15, 0.2) is 0 Å². The third-order valence-corrected chi connectivity index (χ3v) is 7.88. The first kappa shape index (κ1) is 45.3. The van der Waals surface area contributed by atoms with Crippen molar-refractivity contribution in [1.29, 1.82) is 0 Å². The van der Waals surface area contributed by atoms with Crippen molar-refractivity contribution in [2.75, 3.05) is 46.1 Å². The van der Waals surface area contributed by atoms with E-state index < -0.39 is 12.2 Å². The Labute approximate surface area is 323 Å². The minimum atomic E-state index is -0.648. The van der Waals surface area contributed by atoms with E-state index >= 15 is 0 Å². The molecule has 0 bridgehead atoms. The van der Waals surface area contributed by atoms with Crippen molar-refractivity contribution < 1.29 is 33.4 Å². The Bertz CT molecular complexity index is 1790. The van der Waals surface area contributed by atoms with Gasteiger partial charge >= 0.3 is 12.2 Å². The minimum absolute atomic E-state index is 0.123. The highest BCUT2D eigenvalue weighted by Crippen LogP contribution is 2.27. The average Bonchev–Trinajstić information content (AvgIpc) is 3.96. The first-order chi connectivity index (χ1) is 26.5. The molecule has 0 spiro atoms. The quantitative estimate of drug-likeness (QED) is 0.0862. The fraction of sp³-hybridized carbons (Fsp3) is 0.450. The standard InChI is InChI=1S/C25H28N6O3.C9H14N2O4.2C3H8/c1-3-10-31(24(32)14-28-25(33)34-2)15-23-27-13-22(30-23)17-6-4-16(5-7-17)21-12-18-11-19(26)8-9-20(18)29-21;1-15-9(14)10-5-8(13)11-4-2-3-7(11)6-12;2*1-3-2/h4-9,11-13,29H,3,10,14-15,26H2,1-2H3,(H,27,30)(H,28,33);6-7H,2-5H2,1H3,(H,10,14);2*3H2,1-2H3. The van der Waals surface area contributed by atoms with E-state index in [4.69, 9.17) is 5.73 Å². The number of ether oxygens (including phenoxy) is 2. The Kier molecular flexibility index (Phi) is 20.1. The number of H-pyrrole nitrogens is 2. The van der Waals surface area contributed by atoms with Crippen LogP contribution in [0.5, 0.6) is 0 Å². The van der Waals surface area contributed by atoms with Crippen LogP contribution < -0.4 is 16.4 Å². The molecule has 1 unspecified atom stereocenters. The van der Waals surface area contributed by atoms with Gasteiger partial charge in [0.1, 0.15) is 25.2 Å². The zero-order valence-corrected chi connectivity index (χ0v) is 33.2. The Morgan fingerprint density at radius 1 is 0.891 bits per heavy atom. The number of nitrogens with one attached hydrogen (secondary N) is 4. The molecular formula is C40H58N8O7. The molecule has 3 heterocycles. The van der Waals surface area contributed by atoms with E-state index in [-0.39, 0.29) is 30.9 Å². The lowest BCUT2D eigenvalue weighted by Gasteiger charge is -2.21. The van der Waals surface area contributed by atoms with Crippen LogP contribution >= 0.6 is 0 Å². The summed E-state index contributed by atoms with van der Waals surface area (Å²) in [7, 11) is 2.49. The summed E-state index contributed by atoms with van der Waals surface area (Å²) in [6.07, 6.45) is 6.07. The Hall–Kier alpha value is -5.86. The molecule has 1 atom stereocenters. The lowest BCUT2D eigenvalue weighted by molar-refractivity contribution is -0.133. The number of carbonyl (C=O) groups excluding carboxylic acids is 5. The Morgan fingerprint density at radius 2 is 1.49 bits per heavy atom.